The number of rotatable bonds is 2. The Bertz CT molecular complexity index is 91.3. The smallest absolute Gasteiger partial charge is 0.248 e. The van der Waals surface area contributed by atoms with Gasteiger partial charge in [0.1, 0.15) is 0 Å². The summed E-state index contributed by atoms with van der Waals surface area (Å²) in [5.41, 5.74) is 4.59. The van der Waals surface area contributed by atoms with Crippen LogP contribution < -0.4 is 5.73 Å². The molecule has 0 fully saturated rings. The van der Waals surface area contributed by atoms with E-state index in [1.54, 1.807) is 0 Å². The van der Waals surface area contributed by atoms with E-state index in [9.17, 15) is 4.79 Å². The molecule has 0 saturated carbocycles. The van der Waals surface area contributed by atoms with E-state index in [0.29, 0.717) is 0 Å². The van der Waals surface area contributed by atoms with Crippen LogP contribution >= 0.6 is 0 Å². The number of hydrogen-bond donors (Lipinski definition) is 3. The molecule has 0 aromatic carbocycles. The highest BCUT2D eigenvalue weighted by molar-refractivity contribution is 5.79. The lowest BCUT2D eigenvalue weighted by Gasteiger charge is -2.07. The Morgan fingerprint density at radius 2 is 2.00 bits per heavy atom. The number of aliphatic hydroxyl groups excluding tert-OH is 2. The molecule has 0 saturated heterocycles. The fourth-order valence-corrected chi connectivity index (χ4v) is 0.238. The molecule has 8 heavy (non-hydrogen) atoms. The normalized spacial score (nSPS) is 17.4. The molecule has 4 heteroatoms. The summed E-state index contributed by atoms with van der Waals surface area (Å²) in [6, 6.07) is 0. The van der Waals surface area contributed by atoms with Gasteiger partial charge in [0, 0.05) is 0 Å². The zero-order chi connectivity index (χ0) is 6.73. The van der Waals surface area contributed by atoms with Crippen LogP contribution in [0.5, 0.6) is 0 Å². The lowest BCUT2D eigenvalue weighted by molar-refractivity contribution is -0.130. The summed E-state index contributed by atoms with van der Waals surface area (Å²) >= 11 is 0. The Morgan fingerprint density at radius 1 is 1.62 bits per heavy atom. The molecular formula is C4H9NO3. The second kappa shape index (κ2) is 2.64. The highest BCUT2D eigenvalue weighted by Crippen LogP contribution is 1.87. The van der Waals surface area contributed by atoms with Crippen molar-refractivity contribution in [2.45, 2.75) is 19.1 Å². The van der Waals surface area contributed by atoms with Gasteiger partial charge in [-0.2, -0.15) is 0 Å². The quantitative estimate of drug-likeness (QED) is 0.401. The molecule has 0 aromatic rings. The number of hydrogen-bond acceptors (Lipinski definition) is 3. The van der Waals surface area contributed by atoms with E-state index in [1.807, 2.05) is 0 Å². The summed E-state index contributed by atoms with van der Waals surface area (Å²) in [7, 11) is 0. The standard InChI is InChI=1S/C4H9NO3/c1-2(6)3(7)4(5)8/h2-3,6-7H,1H3,(H2,5,8). The zero-order valence-corrected chi connectivity index (χ0v) is 4.53. The van der Waals surface area contributed by atoms with Crippen molar-refractivity contribution in [3.63, 3.8) is 0 Å². The van der Waals surface area contributed by atoms with Gasteiger partial charge in [-0.05, 0) is 6.92 Å². The van der Waals surface area contributed by atoms with Crippen LogP contribution in [0, 0.1) is 0 Å². The van der Waals surface area contributed by atoms with E-state index in [-0.39, 0.29) is 0 Å². The lowest BCUT2D eigenvalue weighted by atomic mass is 10.2. The van der Waals surface area contributed by atoms with Crippen LogP contribution in [0.3, 0.4) is 0 Å². The molecule has 0 radical (unpaired) electrons. The Balaban J connectivity index is 3.64. The summed E-state index contributed by atoms with van der Waals surface area (Å²) in [5.74, 6) is -0.903. The van der Waals surface area contributed by atoms with E-state index in [2.05, 4.69) is 5.73 Å². The maximum absolute atomic E-state index is 9.95. The second-order valence-electron chi connectivity index (χ2n) is 1.59. The molecule has 0 aliphatic carbocycles. The van der Waals surface area contributed by atoms with Gasteiger partial charge in [-0.25, -0.2) is 0 Å². The Morgan fingerprint density at radius 3 is 2.00 bits per heavy atom. The van der Waals surface area contributed by atoms with E-state index in [1.165, 1.54) is 6.92 Å². The Labute approximate surface area is 46.9 Å². The van der Waals surface area contributed by atoms with Crippen molar-refractivity contribution in [3.8, 4) is 0 Å². The molecule has 4 nitrogen and oxygen atoms in total. The first-order valence-electron chi connectivity index (χ1n) is 2.21. The average molecular weight is 119 g/mol. The van der Waals surface area contributed by atoms with Crippen LogP contribution in [-0.2, 0) is 4.79 Å². The van der Waals surface area contributed by atoms with Crippen molar-refractivity contribution in [2.24, 2.45) is 5.73 Å². The summed E-state index contributed by atoms with van der Waals surface area (Å²) in [6.45, 7) is 1.29. The number of primary amides is 1. The molecule has 0 rings (SSSR count). The minimum atomic E-state index is -1.44. The lowest BCUT2D eigenvalue weighted by Crippen LogP contribution is -2.36. The molecule has 1 amide bonds. The molecule has 2 atom stereocenters. The largest absolute Gasteiger partial charge is 0.390 e. The second-order valence-corrected chi connectivity index (χ2v) is 1.59. The van der Waals surface area contributed by atoms with Crippen molar-refractivity contribution in [3.05, 3.63) is 0 Å². The molecule has 0 bridgehead atoms. The number of aliphatic hydroxyl groups is 2. The number of amides is 1. The van der Waals surface area contributed by atoms with E-state index in [4.69, 9.17) is 10.2 Å². The molecule has 48 valence electrons. The highest BCUT2D eigenvalue weighted by atomic mass is 16.3. The van der Waals surface area contributed by atoms with Crippen molar-refractivity contribution in [1.29, 1.82) is 0 Å². The minimum Gasteiger partial charge on any atom is -0.390 e. The molecule has 0 aliphatic heterocycles. The van der Waals surface area contributed by atoms with Crippen LogP contribution in [0.4, 0.5) is 0 Å². The van der Waals surface area contributed by atoms with Crippen molar-refractivity contribution >= 4 is 5.91 Å². The highest BCUT2D eigenvalue weighted by Gasteiger charge is 2.15. The van der Waals surface area contributed by atoms with Crippen LogP contribution in [0.25, 0.3) is 0 Å². The van der Waals surface area contributed by atoms with E-state index in [0.717, 1.165) is 0 Å². The third kappa shape index (κ3) is 1.90. The number of nitrogens with two attached hydrogens (primary N) is 1. The van der Waals surface area contributed by atoms with Gasteiger partial charge in [-0.1, -0.05) is 0 Å². The van der Waals surface area contributed by atoms with Gasteiger partial charge in [0.25, 0.3) is 0 Å². The molecule has 0 aromatic heterocycles. The van der Waals surface area contributed by atoms with Crippen molar-refractivity contribution in [1.82, 2.24) is 0 Å². The predicted octanol–water partition coefficient (Wildman–Crippen LogP) is -1.79. The predicted molar refractivity (Wildman–Crippen MR) is 26.9 cm³/mol. The van der Waals surface area contributed by atoms with Crippen LogP contribution in [0.15, 0.2) is 0 Å². The maximum atomic E-state index is 9.95. The fraction of sp³-hybridized carbons (Fsp3) is 0.750. The first-order valence-corrected chi connectivity index (χ1v) is 2.21. The fourth-order valence-electron chi connectivity index (χ4n) is 0.238. The molecule has 4 N–H and O–H groups in total. The third-order valence-corrected chi connectivity index (χ3v) is 0.748. The van der Waals surface area contributed by atoms with Crippen LogP contribution in [-0.4, -0.2) is 28.3 Å². The van der Waals surface area contributed by atoms with Gasteiger partial charge < -0.3 is 15.9 Å². The summed E-state index contributed by atoms with van der Waals surface area (Å²) in [5, 5.41) is 16.9. The maximum Gasteiger partial charge on any atom is 0.248 e. The van der Waals surface area contributed by atoms with Crippen molar-refractivity contribution < 1.29 is 15.0 Å². The van der Waals surface area contributed by atoms with Gasteiger partial charge >= 0.3 is 0 Å². The summed E-state index contributed by atoms with van der Waals surface area (Å²) < 4.78 is 0. The molecule has 0 heterocycles. The van der Waals surface area contributed by atoms with Gasteiger partial charge in [0.15, 0.2) is 6.10 Å². The SMILES string of the molecule is CC(O)C(O)C(N)=O. The minimum absolute atomic E-state index is 0.903. The third-order valence-electron chi connectivity index (χ3n) is 0.748. The average Bonchev–Trinajstić information content (AvgIpc) is 1.64. The van der Waals surface area contributed by atoms with Crippen LogP contribution in [0.1, 0.15) is 6.92 Å². The van der Waals surface area contributed by atoms with Crippen molar-refractivity contribution in [2.75, 3.05) is 0 Å². The summed E-state index contributed by atoms with van der Waals surface area (Å²) in [4.78, 5) is 9.95. The first-order chi connectivity index (χ1) is 3.55. The van der Waals surface area contributed by atoms with Gasteiger partial charge in [-0.3, -0.25) is 4.79 Å². The van der Waals surface area contributed by atoms with E-state index < -0.39 is 18.1 Å². The Hall–Kier alpha value is -0.610. The molecule has 0 aliphatic rings. The van der Waals surface area contributed by atoms with E-state index >= 15 is 0 Å². The molecule has 2 unspecified atom stereocenters. The Kier molecular flexibility index (Phi) is 2.44. The topological polar surface area (TPSA) is 83.6 Å². The van der Waals surface area contributed by atoms with Gasteiger partial charge in [0.2, 0.25) is 5.91 Å². The van der Waals surface area contributed by atoms with Gasteiger partial charge in [0.05, 0.1) is 6.10 Å². The zero-order valence-electron chi connectivity index (χ0n) is 4.53. The van der Waals surface area contributed by atoms with Crippen LogP contribution in [0.2, 0.25) is 0 Å². The van der Waals surface area contributed by atoms with Gasteiger partial charge in [-0.15, -0.1) is 0 Å². The molecular weight excluding hydrogens is 110 g/mol. The monoisotopic (exact) mass is 119 g/mol. The number of carbonyl (C=O) groups excluding carboxylic acids is 1. The molecule has 0 spiro atoms. The number of carbonyl (C=O) groups is 1. The summed E-state index contributed by atoms with van der Waals surface area (Å²) in [6.07, 6.45) is -2.51. The first kappa shape index (κ1) is 7.39.